The van der Waals surface area contributed by atoms with Crippen LogP contribution in [0.25, 0.3) is 0 Å². The van der Waals surface area contributed by atoms with E-state index in [0.717, 1.165) is 6.42 Å². The van der Waals surface area contributed by atoms with Gasteiger partial charge in [0.1, 0.15) is 0 Å². The maximum atomic E-state index is 12.4. The summed E-state index contributed by atoms with van der Waals surface area (Å²) in [5.74, 6) is -3.06. The van der Waals surface area contributed by atoms with Crippen LogP contribution >= 0.6 is 0 Å². The largest absolute Gasteiger partial charge is 0.462 e. The summed E-state index contributed by atoms with van der Waals surface area (Å²) in [6, 6.07) is 0. The molecular formula is C21H32N2O6. The first-order valence-corrected chi connectivity index (χ1v) is 9.75. The molecule has 2 amide bonds. The maximum Gasteiger partial charge on any atom is 0.333 e. The van der Waals surface area contributed by atoms with E-state index < -0.39 is 35.1 Å². The average Bonchev–Trinajstić information content (AvgIpc) is 2.64. The first-order chi connectivity index (χ1) is 13.5. The Labute approximate surface area is 171 Å². The van der Waals surface area contributed by atoms with Gasteiger partial charge in [0, 0.05) is 11.1 Å². The molecule has 0 radical (unpaired) electrons. The van der Waals surface area contributed by atoms with Crippen LogP contribution in [0.2, 0.25) is 0 Å². The van der Waals surface area contributed by atoms with Crippen LogP contribution in [-0.4, -0.2) is 37.0 Å². The van der Waals surface area contributed by atoms with Gasteiger partial charge >= 0.3 is 11.9 Å². The number of nitrogens with two attached hydrogens (primary N) is 2. The molecule has 0 saturated heterocycles. The number of rotatable bonds is 11. The highest BCUT2D eigenvalue weighted by molar-refractivity contribution is 5.89. The van der Waals surface area contributed by atoms with Crippen molar-refractivity contribution in [3.63, 3.8) is 0 Å². The SMILES string of the molecule is C=C(C)C(=O)OCCC1CCCC(C(N)=O)(C(CCOC(=O)C(=C)C)C(N)=O)C1. The Kier molecular flexibility index (Phi) is 9.07. The van der Waals surface area contributed by atoms with Crippen molar-refractivity contribution in [3.05, 3.63) is 24.3 Å². The van der Waals surface area contributed by atoms with Crippen molar-refractivity contribution in [2.75, 3.05) is 13.2 Å². The minimum absolute atomic E-state index is 0.0500. The molecule has 0 aliphatic heterocycles. The third-order valence-electron chi connectivity index (χ3n) is 5.49. The second-order valence-corrected chi connectivity index (χ2v) is 7.85. The van der Waals surface area contributed by atoms with Gasteiger partial charge < -0.3 is 20.9 Å². The van der Waals surface area contributed by atoms with Crippen molar-refractivity contribution in [3.8, 4) is 0 Å². The summed E-state index contributed by atoms with van der Waals surface area (Å²) >= 11 is 0. The fourth-order valence-electron chi connectivity index (χ4n) is 3.91. The molecule has 0 bridgehead atoms. The molecule has 8 heteroatoms. The molecule has 8 nitrogen and oxygen atoms in total. The lowest BCUT2D eigenvalue weighted by molar-refractivity contribution is -0.147. The summed E-state index contributed by atoms with van der Waals surface area (Å²) in [5, 5.41) is 0. The van der Waals surface area contributed by atoms with E-state index in [-0.39, 0.29) is 31.1 Å². The van der Waals surface area contributed by atoms with Gasteiger partial charge in [-0.25, -0.2) is 9.59 Å². The van der Waals surface area contributed by atoms with Crippen molar-refractivity contribution < 1.29 is 28.7 Å². The predicted molar refractivity (Wildman–Crippen MR) is 107 cm³/mol. The first kappa shape index (κ1) is 24.4. The molecule has 1 fully saturated rings. The number of esters is 2. The fourth-order valence-corrected chi connectivity index (χ4v) is 3.91. The normalized spacial score (nSPS) is 22.2. The Morgan fingerprint density at radius 1 is 1.03 bits per heavy atom. The Morgan fingerprint density at radius 2 is 1.59 bits per heavy atom. The summed E-state index contributed by atoms with van der Waals surface area (Å²) < 4.78 is 10.2. The molecule has 0 aromatic rings. The standard InChI is InChI=1S/C21H32N2O6/c1-13(2)18(25)28-10-7-15-6-5-9-21(12-15,20(23)27)16(17(22)24)8-11-29-19(26)14(3)4/h15-16H,1,3,5-12H2,2,4H3,(H2,22,24)(H2,23,27). The van der Waals surface area contributed by atoms with Gasteiger partial charge in [-0.2, -0.15) is 0 Å². The smallest absolute Gasteiger partial charge is 0.333 e. The highest BCUT2D eigenvalue weighted by Gasteiger charge is 2.49. The number of carbonyl (C=O) groups excluding carboxylic acids is 4. The number of hydrogen-bond acceptors (Lipinski definition) is 6. The van der Waals surface area contributed by atoms with Crippen molar-refractivity contribution in [2.45, 2.75) is 52.4 Å². The molecule has 0 spiro atoms. The number of hydrogen-bond donors (Lipinski definition) is 2. The summed E-state index contributed by atoms with van der Waals surface area (Å²) in [6.45, 7) is 10.3. The van der Waals surface area contributed by atoms with Crippen LogP contribution in [0.3, 0.4) is 0 Å². The summed E-state index contributed by atoms with van der Waals surface area (Å²) in [5.41, 5.74) is 10.8. The van der Waals surface area contributed by atoms with Crippen LogP contribution in [0.4, 0.5) is 0 Å². The van der Waals surface area contributed by atoms with Crippen LogP contribution < -0.4 is 11.5 Å². The van der Waals surface area contributed by atoms with Crippen molar-refractivity contribution in [1.82, 2.24) is 0 Å². The van der Waals surface area contributed by atoms with Gasteiger partial charge in [-0.15, -0.1) is 0 Å². The molecule has 4 N–H and O–H groups in total. The average molecular weight is 408 g/mol. The van der Waals surface area contributed by atoms with E-state index in [4.69, 9.17) is 20.9 Å². The molecule has 1 rings (SSSR count). The number of primary amides is 2. The summed E-state index contributed by atoms with van der Waals surface area (Å²) in [7, 11) is 0. The minimum Gasteiger partial charge on any atom is -0.462 e. The second-order valence-electron chi connectivity index (χ2n) is 7.85. The molecule has 1 saturated carbocycles. The first-order valence-electron chi connectivity index (χ1n) is 9.75. The van der Waals surface area contributed by atoms with Crippen LogP contribution in [0, 0.1) is 17.3 Å². The van der Waals surface area contributed by atoms with Crippen molar-refractivity contribution in [1.29, 1.82) is 0 Å². The third kappa shape index (κ3) is 6.73. The van der Waals surface area contributed by atoms with Gasteiger partial charge in [0.2, 0.25) is 11.8 Å². The van der Waals surface area contributed by atoms with E-state index in [1.165, 1.54) is 6.92 Å². The number of amides is 2. The number of carbonyl (C=O) groups is 4. The van der Waals surface area contributed by atoms with Gasteiger partial charge in [-0.05, 0) is 45.4 Å². The highest BCUT2D eigenvalue weighted by atomic mass is 16.5. The van der Waals surface area contributed by atoms with Crippen LogP contribution in [0.15, 0.2) is 24.3 Å². The minimum atomic E-state index is -1.11. The van der Waals surface area contributed by atoms with Crippen LogP contribution in [0.1, 0.15) is 52.4 Å². The number of ether oxygens (including phenoxy) is 2. The van der Waals surface area contributed by atoms with E-state index in [9.17, 15) is 19.2 Å². The van der Waals surface area contributed by atoms with Gasteiger partial charge in [0.25, 0.3) is 0 Å². The third-order valence-corrected chi connectivity index (χ3v) is 5.49. The monoisotopic (exact) mass is 408 g/mol. The second kappa shape index (κ2) is 10.8. The molecule has 1 aliphatic rings. The molecule has 3 unspecified atom stereocenters. The van der Waals surface area contributed by atoms with E-state index >= 15 is 0 Å². The molecule has 29 heavy (non-hydrogen) atoms. The lowest BCUT2D eigenvalue weighted by Crippen LogP contribution is -2.51. The van der Waals surface area contributed by atoms with Crippen molar-refractivity contribution in [2.24, 2.45) is 28.7 Å². The van der Waals surface area contributed by atoms with Gasteiger partial charge in [-0.3, -0.25) is 9.59 Å². The van der Waals surface area contributed by atoms with E-state index in [0.29, 0.717) is 31.3 Å². The van der Waals surface area contributed by atoms with Crippen LogP contribution in [0.5, 0.6) is 0 Å². The zero-order valence-electron chi connectivity index (χ0n) is 17.3. The molecule has 1 aliphatic carbocycles. The van der Waals surface area contributed by atoms with Crippen molar-refractivity contribution >= 4 is 23.8 Å². The molecule has 0 heterocycles. The Morgan fingerprint density at radius 3 is 2.07 bits per heavy atom. The van der Waals surface area contributed by atoms with Gasteiger partial charge in [0.05, 0.1) is 24.5 Å². The molecule has 162 valence electrons. The zero-order valence-corrected chi connectivity index (χ0v) is 17.3. The van der Waals surface area contributed by atoms with E-state index in [1.54, 1.807) is 6.92 Å². The molecule has 0 aromatic carbocycles. The quantitative estimate of drug-likeness (QED) is 0.394. The molecule has 3 atom stereocenters. The molecule has 0 aromatic heterocycles. The summed E-state index contributed by atoms with van der Waals surface area (Å²) in [4.78, 5) is 47.7. The Hall–Kier alpha value is -2.64. The maximum absolute atomic E-state index is 12.4. The van der Waals surface area contributed by atoms with E-state index in [2.05, 4.69) is 13.2 Å². The van der Waals surface area contributed by atoms with Gasteiger partial charge in [0.15, 0.2) is 0 Å². The molecular weight excluding hydrogens is 376 g/mol. The Balaban J connectivity index is 2.85. The zero-order chi connectivity index (χ0) is 22.2. The fraction of sp³-hybridized carbons (Fsp3) is 0.619. The topological polar surface area (TPSA) is 139 Å². The van der Waals surface area contributed by atoms with E-state index in [1.807, 2.05) is 0 Å². The highest BCUT2D eigenvalue weighted by Crippen LogP contribution is 2.47. The summed E-state index contributed by atoms with van der Waals surface area (Å²) in [6.07, 6.45) is 2.98. The lowest BCUT2D eigenvalue weighted by Gasteiger charge is -2.42. The lowest BCUT2D eigenvalue weighted by atomic mass is 9.61. The predicted octanol–water partition coefficient (Wildman–Crippen LogP) is 1.77. The van der Waals surface area contributed by atoms with Crippen LogP contribution in [-0.2, 0) is 28.7 Å². The van der Waals surface area contributed by atoms with Gasteiger partial charge in [-0.1, -0.05) is 26.0 Å². The Bertz CT molecular complexity index is 687.